The summed E-state index contributed by atoms with van der Waals surface area (Å²) in [5.74, 6) is 1.37. The van der Waals surface area contributed by atoms with Gasteiger partial charge in [0.25, 0.3) is 0 Å². The largest absolute Gasteiger partial charge is 0.497 e. The third kappa shape index (κ3) is 4.71. The minimum Gasteiger partial charge on any atom is -0.497 e. The number of piperidine rings is 1. The minimum atomic E-state index is 0.134. The van der Waals surface area contributed by atoms with Gasteiger partial charge in [-0.1, -0.05) is 12.1 Å². The normalized spacial score (nSPS) is 20.2. The first kappa shape index (κ1) is 20.6. The maximum Gasteiger partial charge on any atom is 0.236 e. The van der Waals surface area contributed by atoms with Crippen molar-refractivity contribution in [2.45, 2.75) is 18.8 Å². The van der Waals surface area contributed by atoms with Gasteiger partial charge in [-0.15, -0.1) is 0 Å². The van der Waals surface area contributed by atoms with Gasteiger partial charge in [0.1, 0.15) is 5.75 Å². The van der Waals surface area contributed by atoms with Crippen molar-refractivity contribution in [3.05, 3.63) is 36.2 Å². The van der Waals surface area contributed by atoms with E-state index in [9.17, 15) is 4.79 Å². The van der Waals surface area contributed by atoms with Crippen LogP contribution in [-0.4, -0.2) is 78.7 Å². The molecule has 4 rings (SSSR count). The Morgan fingerprint density at radius 1 is 1.23 bits per heavy atom. The van der Waals surface area contributed by atoms with Crippen LogP contribution in [0.3, 0.4) is 0 Å². The number of carbonyl (C=O) groups excluding carboxylic acids is 1. The van der Waals surface area contributed by atoms with E-state index >= 15 is 0 Å². The summed E-state index contributed by atoms with van der Waals surface area (Å²) in [6, 6.07) is 7.85. The number of amides is 1. The van der Waals surface area contributed by atoms with E-state index in [1.165, 1.54) is 0 Å². The number of anilines is 1. The van der Waals surface area contributed by atoms with Gasteiger partial charge in [0.15, 0.2) is 0 Å². The Bertz CT molecular complexity index is 868. The second-order valence-electron chi connectivity index (χ2n) is 7.82. The first-order chi connectivity index (χ1) is 14.6. The first-order valence-corrected chi connectivity index (χ1v) is 10.5. The van der Waals surface area contributed by atoms with Gasteiger partial charge in [0, 0.05) is 43.9 Å². The molecule has 8 nitrogen and oxygen atoms in total. The van der Waals surface area contributed by atoms with E-state index in [4.69, 9.17) is 15.2 Å². The molecule has 2 aliphatic rings. The molecule has 2 saturated heterocycles. The van der Waals surface area contributed by atoms with Gasteiger partial charge < -0.3 is 20.1 Å². The molecule has 1 atom stereocenters. The number of hydrogen-bond acceptors (Lipinski definition) is 7. The molecule has 2 N–H and O–H groups in total. The summed E-state index contributed by atoms with van der Waals surface area (Å²) < 4.78 is 10.6. The summed E-state index contributed by atoms with van der Waals surface area (Å²) in [6.07, 6.45) is 3.71. The number of nitrogens with two attached hydrogens (primary N) is 1. The second kappa shape index (κ2) is 9.40. The molecule has 8 heteroatoms. The Morgan fingerprint density at radius 3 is 2.73 bits per heavy atom. The highest BCUT2D eigenvalue weighted by Crippen LogP contribution is 2.34. The quantitative estimate of drug-likeness (QED) is 0.801. The number of nitrogens with zero attached hydrogens (tertiary/aromatic N) is 4. The number of morpholine rings is 1. The molecule has 0 spiro atoms. The molecule has 2 aromatic rings. The van der Waals surface area contributed by atoms with Gasteiger partial charge in [-0.25, -0.2) is 9.97 Å². The Labute approximate surface area is 177 Å². The van der Waals surface area contributed by atoms with E-state index in [0.717, 1.165) is 55.0 Å². The monoisotopic (exact) mass is 411 g/mol. The molecule has 0 unspecified atom stereocenters. The number of nitrogen functional groups attached to an aromatic ring is 1. The summed E-state index contributed by atoms with van der Waals surface area (Å²) in [6.45, 7) is 4.91. The van der Waals surface area contributed by atoms with E-state index < -0.39 is 0 Å². The maximum atomic E-state index is 12.9. The van der Waals surface area contributed by atoms with Crippen LogP contribution in [-0.2, 0) is 9.53 Å². The molecular formula is C22H29N5O3. The SMILES string of the molecule is COc1ccc(-c2cnc(N)nc2[C@@H]2CCCN(C(=O)CN3CCOCC3)C2)cc1. The number of likely N-dealkylation sites (tertiary alicyclic amines) is 1. The number of ether oxygens (including phenoxy) is 2. The van der Waals surface area contributed by atoms with Crippen LogP contribution in [0.2, 0.25) is 0 Å². The van der Waals surface area contributed by atoms with Crippen molar-refractivity contribution in [3.63, 3.8) is 0 Å². The fourth-order valence-electron chi connectivity index (χ4n) is 4.19. The fourth-order valence-corrected chi connectivity index (χ4v) is 4.19. The van der Waals surface area contributed by atoms with Crippen molar-refractivity contribution in [2.24, 2.45) is 0 Å². The number of aromatic nitrogens is 2. The van der Waals surface area contributed by atoms with Crippen LogP contribution >= 0.6 is 0 Å². The Balaban J connectivity index is 1.52. The Morgan fingerprint density at radius 2 is 2.00 bits per heavy atom. The minimum absolute atomic E-state index is 0.134. The predicted molar refractivity (Wildman–Crippen MR) is 114 cm³/mol. The summed E-state index contributed by atoms with van der Waals surface area (Å²) >= 11 is 0. The van der Waals surface area contributed by atoms with Gasteiger partial charge >= 0.3 is 0 Å². The van der Waals surface area contributed by atoms with E-state index in [0.29, 0.717) is 26.3 Å². The third-order valence-corrected chi connectivity index (χ3v) is 5.86. The van der Waals surface area contributed by atoms with E-state index in [1.807, 2.05) is 29.2 Å². The summed E-state index contributed by atoms with van der Waals surface area (Å²) in [4.78, 5) is 25.9. The van der Waals surface area contributed by atoms with Crippen molar-refractivity contribution in [3.8, 4) is 16.9 Å². The van der Waals surface area contributed by atoms with Crippen LogP contribution in [0.1, 0.15) is 24.5 Å². The molecule has 1 amide bonds. The molecule has 3 heterocycles. The zero-order chi connectivity index (χ0) is 20.9. The fraction of sp³-hybridized carbons (Fsp3) is 0.500. The maximum absolute atomic E-state index is 12.9. The number of hydrogen-bond donors (Lipinski definition) is 1. The average molecular weight is 412 g/mol. The van der Waals surface area contributed by atoms with Crippen molar-refractivity contribution in [2.75, 3.05) is 58.8 Å². The zero-order valence-electron chi connectivity index (χ0n) is 17.4. The lowest BCUT2D eigenvalue weighted by molar-refractivity contribution is -0.134. The van der Waals surface area contributed by atoms with E-state index in [2.05, 4.69) is 14.9 Å². The molecular weight excluding hydrogens is 382 g/mol. The molecule has 2 aliphatic heterocycles. The van der Waals surface area contributed by atoms with Gasteiger partial charge in [-0.05, 0) is 30.5 Å². The lowest BCUT2D eigenvalue weighted by atomic mass is 9.90. The van der Waals surface area contributed by atoms with Crippen LogP contribution in [0.25, 0.3) is 11.1 Å². The molecule has 0 bridgehead atoms. The molecule has 0 saturated carbocycles. The van der Waals surface area contributed by atoms with Crippen LogP contribution in [0.5, 0.6) is 5.75 Å². The second-order valence-corrected chi connectivity index (χ2v) is 7.82. The molecule has 0 aliphatic carbocycles. The highest BCUT2D eigenvalue weighted by Gasteiger charge is 2.29. The van der Waals surface area contributed by atoms with Gasteiger partial charge in [-0.2, -0.15) is 0 Å². The van der Waals surface area contributed by atoms with Crippen molar-refractivity contribution < 1.29 is 14.3 Å². The smallest absolute Gasteiger partial charge is 0.236 e. The van der Waals surface area contributed by atoms with Gasteiger partial charge in [0.2, 0.25) is 11.9 Å². The molecule has 0 radical (unpaired) electrons. The standard InChI is InChI=1S/C22H29N5O3/c1-29-18-6-4-16(5-7-18)19-13-24-22(23)25-21(19)17-3-2-8-27(14-17)20(28)15-26-9-11-30-12-10-26/h4-7,13,17H,2-3,8-12,14-15H2,1H3,(H2,23,24,25)/t17-/m1/s1. The highest BCUT2D eigenvalue weighted by molar-refractivity contribution is 5.78. The highest BCUT2D eigenvalue weighted by atomic mass is 16.5. The van der Waals surface area contributed by atoms with Crippen molar-refractivity contribution in [1.82, 2.24) is 19.8 Å². The number of methoxy groups -OCH3 is 1. The van der Waals surface area contributed by atoms with Gasteiger partial charge in [-0.3, -0.25) is 9.69 Å². The number of benzene rings is 1. The first-order valence-electron chi connectivity index (χ1n) is 10.5. The molecule has 30 heavy (non-hydrogen) atoms. The molecule has 1 aromatic carbocycles. The molecule has 1 aromatic heterocycles. The third-order valence-electron chi connectivity index (χ3n) is 5.86. The van der Waals surface area contributed by atoms with E-state index in [-0.39, 0.29) is 17.8 Å². The zero-order valence-corrected chi connectivity index (χ0v) is 17.4. The Kier molecular flexibility index (Phi) is 6.44. The van der Waals surface area contributed by atoms with Crippen LogP contribution in [0, 0.1) is 0 Å². The topological polar surface area (TPSA) is 93.8 Å². The average Bonchev–Trinajstić information content (AvgIpc) is 2.80. The summed E-state index contributed by atoms with van der Waals surface area (Å²) in [5.41, 5.74) is 8.82. The summed E-state index contributed by atoms with van der Waals surface area (Å²) in [5, 5.41) is 0. The molecule has 160 valence electrons. The van der Waals surface area contributed by atoms with Gasteiger partial charge in [0.05, 0.1) is 32.6 Å². The Hall–Kier alpha value is -2.71. The number of rotatable bonds is 5. The number of carbonyl (C=O) groups is 1. The lowest BCUT2D eigenvalue weighted by Crippen LogP contribution is -2.47. The summed E-state index contributed by atoms with van der Waals surface area (Å²) in [7, 11) is 1.65. The van der Waals surface area contributed by atoms with Crippen molar-refractivity contribution >= 4 is 11.9 Å². The van der Waals surface area contributed by atoms with Crippen LogP contribution in [0.4, 0.5) is 5.95 Å². The van der Waals surface area contributed by atoms with Crippen molar-refractivity contribution in [1.29, 1.82) is 0 Å². The predicted octanol–water partition coefficient (Wildman–Crippen LogP) is 1.77. The van der Waals surface area contributed by atoms with Crippen LogP contribution in [0.15, 0.2) is 30.5 Å². The van der Waals surface area contributed by atoms with E-state index in [1.54, 1.807) is 13.3 Å². The van der Waals surface area contributed by atoms with Crippen LogP contribution < -0.4 is 10.5 Å². The molecule has 2 fully saturated rings. The lowest BCUT2D eigenvalue weighted by Gasteiger charge is -2.35.